The molecule has 0 radical (unpaired) electrons. The van der Waals surface area contributed by atoms with Crippen molar-refractivity contribution in [2.24, 2.45) is 0 Å². The maximum absolute atomic E-state index is 12.3. The first-order valence-corrected chi connectivity index (χ1v) is 9.54. The second-order valence-electron chi connectivity index (χ2n) is 5.82. The fourth-order valence-electron chi connectivity index (χ4n) is 2.52. The summed E-state index contributed by atoms with van der Waals surface area (Å²) in [5, 5.41) is 15.7. The van der Waals surface area contributed by atoms with Gasteiger partial charge in [-0.25, -0.2) is 0 Å². The Morgan fingerprint density at radius 1 is 1.18 bits per heavy atom. The van der Waals surface area contributed by atoms with Crippen LogP contribution in [0.4, 0.5) is 14.5 Å². The molecule has 28 heavy (non-hydrogen) atoms. The van der Waals surface area contributed by atoms with Crippen molar-refractivity contribution in [3.05, 3.63) is 76.7 Å². The van der Waals surface area contributed by atoms with Gasteiger partial charge in [0.05, 0.1) is 4.88 Å². The maximum Gasteiger partial charge on any atom is 0.387 e. The SMILES string of the molecule is Cc1ccc[n+](/C(C(=S)Nc2ccc(OC(F)F)cc2)=C(/O)c2cccs2)c1. The van der Waals surface area contributed by atoms with E-state index in [4.69, 9.17) is 12.2 Å². The van der Waals surface area contributed by atoms with Crippen LogP contribution in [0.1, 0.15) is 10.4 Å². The van der Waals surface area contributed by atoms with Crippen LogP contribution in [0.5, 0.6) is 5.75 Å². The number of hydrogen-bond donors (Lipinski definition) is 2. The Morgan fingerprint density at radius 3 is 2.54 bits per heavy atom. The van der Waals surface area contributed by atoms with E-state index in [1.165, 1.54) is 23.5 Å². The topological polar surface area (TPSA) is 45.4 Å². The highest BCUT2D eigenvalue weighted by atomic mass is 32.1. The van der Waals surface area contributed by atoms with E-state index < -0.39 is 6.61 Å². The summed E-state index contributed by atoms with van der Waals surface area (Å²) in [5.74, 6) is 0.0949. The lowest BCUT2D eigenvalue weighted by atomic mass is 10.2. The van der Waals surface area contributed by atoms with Crippen molar-refractivity contribution in [1.82, 2.24) is 0 Å². The molecular formula is C20H17F2N2O2S2+. The molecule has 0 aliphatic carbocycles. The molecular weight excluding hydrogens is 402 g/mol. The number of ether oxygens (including phenoxy) is 1. The van der Waals surface area contributed by atoms with Crippen molar-refractivity contribution in [3.63, 3.8) is 0 Å². The van der Waals surface area contributed by atoms with Crippen LogP contribution in [0.25, 0.3) is 11.5 Å². The van der Waals surface area contributed by atoms with Crippen molar-refractivity contribution >= 4 is 45.7 Å². The van der Waals surface area contributed by atoms with E-state index in [1.807, 2.05) is 36.7 Å². The zero-order valence-corrected chi connectivity index (χ0v) is 16.4. The fraction of sp³-hybridized carbons (Fsp3) is 0.100. The van der Waals surface area contributed by atoms with Gasteiger partial charge in [-0.2, -0.15) is 13.3 Å². The van der Waals surface area contributed by atoms with Crippen molar-refractivity contribution in [3.8, 4) is 5.75 Å². The van der Waals surface area contributed by atoms with Gasteiger partial charge in [0.25, 0.3) is 5.70 Å². The van der Waals surface area contributed by atoms with E-state index in [-0.39, 0.29) is 16.5 Å². The number of nitrogens with one attached hydrogen (secondary N) is 1. The van der Waals surface area contributed by atoms with Crippen LogP contribution < -0.4 is 14.6 Å². The summed E-state index contributed by atoms with van der Waals surface area (Å²) in [5.41, 5.74) is 1.99. The number of alkyl halides is 2. The highest BCUT2D eigenvalue weighted by molar-refractivity contribution is 7.81. The lowest BCUT2D eigenvalue weighted by molar-refractivity contribution is -0.576. The minimum Gasteiger partial charge on any atom is -0.501 e. The molecule has 0 aliphatic heterocycles. The highest BCUT2D eigenvalue weighted by Crippen LogP contribution is 2.24. The van der Waals surface area contributed by atoms with Crippen LogP contribution in [-0.2, 0) is 0 Å². The molecule has 2 aromatic heterocycles. The molecule has 0 spiro atoms. The Kier molecular flexibility index (Phi) is 6.33. The van der Waals surface area contributed by atoms with Gasteiger partial charge in [0.1, 0.15) is 5.75 Å². The molecule has 0 saturated heterocycles. The number of aryl methyl sites for hydroxylation is 1. The van der Waals surface area contributed by atoms with E-state index in [9.17, 15) is 13.9 Å². The molecule has 3 rings (SSSR count). The number of aromatic nitrogens is 1. The monoisotopic (exact) mass is 419 g/mol. The number of nitrogens with zero attached hydrogens (tertiary/aromatic N) is 1. The first kappa shape index (κ1) is 19.9. The third-order valence-electron chi connectivity index (χ3n) is 3.74. The second-order valence-corrected chi connectivity index (χ2v) is 7.18. The van der Waals surface area contributed by atoms with Crippen LogP contribution in [-0.4, -0.2) is 16.7 Å². The standard InChI is InChI=1S/C20H16F2N2O2S2/c1-13-4-2-10-24(12-13)17(18(25)16-5-3-11-28-16)19(27)23-14-6-8-15(9-7-14)26-20(21)22/h2-12,20H,1H3,(H-,23,25,27)/p+1. The Bertz CT molecular complexity index is 988. The minimum atomic E-state index is -2.88. The molecule has 2 heterocycles. The number of rotatable bonds is 6. The van der Waals surface area contributed by atoms with Gasteiger partial charge >= 0.3 is 6.61 Å². The highest BCUT2D eigenvalue weighted by Gasteiger charge is 2.24. The van der Waals surface area contributed by atoms with Gasteiger partial charge < -0.3 is 15.2 Å². The van der Waals surface area contributed by atoms with Gasteiger partial charge in [-0.3, -0.25) is 0 Å². The van der Waals surface area contributed by atoms with Crippen molar-refractivity contribution in [2.45, 2.75) is 13.5 Å². The molecule has 0 amide bonds. The van der Waals surface area contributed by atoms with Gasteiger partial charge in [-0.05, 0) is 48.7 Å². The van der Waals surface area contributed by atoms with Gasteiger partial charge in [0.2, 0.25) is 5.76 Å². The smallest absolute Gasteiger partial charge is 0.387 e. The zero-order valence-electron chi connectivity index (χ0n) is 14.8. The largest absolute Gasteiger partial charge is 0.501 e. The third-order valence-corrected chi connectivity index (χ3v) is 4.91. The number of thiocarbonyl (C=S) groups is 1. The third kappa shape index (κ3) is 4.90. The predicted molar refractivity (Wildman–Crippen MR) is 111 cm³/mol. The molecule has 0 aliphatic rings. The number of benzene rings is 1. The number of thiophene rings is 1. The number of aliphatic hydroxyl groups excluding tert-OH is 1. The second kappa shape index (κ2) is 8.90. The normalized spacial score (nSPS) is 11.9. The van der Waals surface area contributed by atoms with E-state index >= 15 is 0 Å². The average Bonchev–Trinajstić information content (AvgIpc) is 3.18. The molecule has 4 nitrogen and oxygen atoms in total. The van der Waals surface area contributed by atoms with E-state index in [1.54, 1.807) is 29.0 Å². The number of pyridine rings is 1. The molecule has 0 saturated carbocycles. The van der Waals surface area contributed by atoms with E-state index in [2.05, 4.69) is 10.1 Å². The van der Waals surface area contributed by atoms with Crippen LogP contribution in [0, 0.1) is 6.92 Å². The lowest BCUT2D eigenvalue weighted by Crippen LogP contribution is -2.38. The maximum atomic E-state index is 12.3. The molecule has 8 heteroatoms. The quantitative estimate of drug-likeness (QED) is 0.247. The van der Waals surface area contributed by atoms with Crippen molar-refractivity contribution < 1.29 is 23.2 Å². The Morgan fingerprint density at radius 2 is 1.93 bits per heavy atom. The first-order valence-electron chi connectivity index (χ1n) is 8.25. The summed E-state index contributed by atoms with van der Waals surface area (Å²) in [6, 6.07) is 13.4. The van der Waals surface area contributed by atoms with Gasteiger partial charge in [0.15, 0.2) is 17.4 Å². The summed E-state index contributed by atoms with van der Waals surface area (Å²) >= 11 is 6.93. The van der Waals surface area contributed by atoms with Crippen LogP contribution in [0.3, 0.4) is 0 Å². The Labute approximate surface area is 170 Å². The summed E-state index contributed by atoms with van der Waals surface area (Å²) in [7, 11) is 0. The molecule has 2 N–H and O–H groups in total. The van der Waals surface area contributed by atoms with Crippen LogP contribution in [0.15, 0.2) is 66.3 Å². The van der Waals surface area contributed by atoms with Crippen LogP contribution >= 0.6 is 23.6 Å². The summed E-state index contributed by atoms with van der Waals surface area (Å²) in [6.07, 6.45) is 3.65. The molecule has 0 fully saturated rings. The number of anilines is 1. The Hall–Kier alpha value is -2.84. The number of aliphatic hydroxyl groups is 1. The van der Waals surface area contributed by atoms with Gasteiger partial charge in [-0.15, -0.1) is 11.3 Å². The fourth-order valence-corrected chi connectivity index (χ4v) is 3.51. The first-order chi connectivity index (χ1) is 13.4. The molecule has 1 aromatic carbocycles. The Balaban J connectivity index is 1.92. The molecule has 0 unspecified atom stereocenters. The van der Waals surface area contributed by atoms with E-state index in [0.29, 0.717) is 16.3 Å². The van der Waals surface area contributed by atoms with Crippen molar-refractivity contribution in [1.29, 1.82) is 0 Å². The zero-order chi connectivity index (χ0) is 20.1. The minimum absolute atomic E-state index is 0.0424. The molecule has 0 atom stereocenters. The summed E-state index contributed by atoms with van der Waals surface area (Å²) < 4.78 is 30.7. The summed E-state index contributed by atoms with van der Waals surface area (Å²) in [4.78, 5) is 0.956. The molecule has 0 bridgehead atoms. The number of halogens is 2. The van der Waals surface area contributed by atoms with E-state index in [0.717, 1.165) is 5.56 Å². The molecule has 144 valence electrons. The molecule has 3 aromatic rings. The average molecular weight is 419 g/mol. The predicted octanol–water partition coefficient (Wildman–Crippen LogP) is 5.27. The summed E-state index contributed by atoms with van der Waals surface area (Å²) in [6.45, 7) is -0.941. The van der Waals surface area contributed by atoms with Gasteiger partial charge in [0, 0.05) is 17.3 Å². The number of hydrogen-bond acceptors (Lipinski definition) is 4. The lowest BCUT2D eigenvalue weighted by Gasteiger charge is -2.10. The van der Waals surface area contributed by atoms with Crippen LogP contribution in [0.2, 0.25) is 0 Å². The van der Waals surface area contributed by atoms with Crippen molar-refractivity contribution in [2.75, 3.05) is 5.32 Å². The van der Waals surface area contributed by atoms with Gasteiger partial charge in [-0.1, -0.05) is 18.3 Å².